The Bertz CT molecular complexity index is 1230. The quantitative estimate of drug-likeness (QED) is 0.381. The second-order valence-electron chi connectivity index (χ2n) is 8.19. The molecule has 2 heterocycles. The van der Waals surface area contributed by atoms with Crippen LogP contribution in [0.15, 0.2) is 60.7 Å². The van der Waals surface area contributed by atoms with Gasteiger partial charge in [-0.1, -0.05) is 55.8 Å². The zero-order valence-corrected chi connectivity index (χ0v) is 20.2. The van der Waals surface area contributed by atoms with E-state index in [4.69, 9.17) is 11.6 Å². The minimum Gasteiger partial charge on any atom is -0.354 e. The predicted molar refractivity (Wildman–Crippen MR) is 138 cm³/mol. The Morgan fingerprint density at radius 1 is 1.09 bits per heavy atom. The summed E-state index contributed by atoms with van der Waals surface area (Å²) in [6, 6.07) is 17.1. The highest BCUT2D eigenvalue weighted by molar-refractivity contribution is 6.33. The van der Waals surface area contributed by atoms with E-state index in [1.807, 2.05) is 54.6 Å². The van der Waals surface area contributed by atoms with Gasteiger partial charge >= 0.3 is 0 Å². The molecule has 3 N–H and O–H groups in total. The summed E-state index contributed by atoms with van der Waals surface area (Å²) in [5.41, 5.74) is 5.56. The van der Waals surface area contributed by atoms with Crippen molar-refractivity contribution in [1.82, 2.24) is 15.2 Å². The van der Waals surface area contributed by atoms with Crippen molar-refractivity contribution in [2.24, 2.45) is 0 Å². The molecule has 1 aromatic heterocycles. The molecule has 0 radical (unpaired) electrons. The van der Waals surface area contributed by atoms with E-state index in [1.54, 1.807) is 6.07 Å². The van der Waals surface area contributed by atoms with Gasteiger partial charge in [0, 0.05) is 47.1 Å². The molecule has 0 saturated heterocycles. The smallest absolute Gasteiger partial charge is 0.267 e. The number of anilines is 1. The van der Waals surface area contributed by atoms with Crippen LogP contribution in [0.2, 0.25) is 5.02 Å². The maximum Gasteiger partial charge on any atom is 0.267 e. The number of amides is 2. The first-order valence-electron chi connectivity index (χ1n) is 11.6. The molecule has 3 aromatic rings. The van der Waals surface area contributed by atoms with Gasteiger partial charge in [0.2, 0.25) is 0 Å². The monoisotopic (exact) mass is 476 g/mol. The molecular formula is C27H29ClN4O2. The molecule has 2 amide bonds. The summed E-state index contributed by atoms with van der Waals surface area (Å²) in [4.78, 5) is 30.7. The molecule has 0 aliphatic carbocycles. The standard InChI is InChI=1S/C27H29ClN4O2/c1-3-32(4-2)16-15-29-27(34)24-14-12-20(30-24)11-13-22-25-21(18-7-5-8-19(28)17-18)9-6-10-23(25)31-26(22)33/h5-10,12-14,17,30H,3-4,11,15-16H2,1-2H3,(H,29,34)(H,31,33). The number of carbonyl (C=O) groups excluding carboxylic acids is 2. The third-order valence-corrected chi connectivity index (χ3v) is 6.32. The first-order chi connectivity index (χ1) is 16.5. The fraction of sp³-hybridized carbons (Fsp3) is 0.259. The Kier molecular flexibility index (Phi) is 7.50. The minimum absolute atomic E-state index is 0.127. The first-order valence-corrected chi connectivity index (χ1v) is 12.0. The molecule has 0 fully saturated rings. The predicted octanol–water partition coefficient (Wildman–Crippen LogP) is 4.98. The Hall–Kier alpha value is -3.35. The molecule has 0 atom stereocenters. The lowest BCUT2D eigenvalue weighted by Gasteiger charge is -2.17. The highest BCUT2D eigenvalue weighted by Gasteiger charge is 2.27. The van der Waals surface area contributed by atoms with Crippen LogP contribution in [0, 0.1) is 0 Å². The maximum absolute atomic E-state index is 12.8. The van der Waals surface area contributed by atoms with Crippen molar-refractivity contribution >= 4 is 34.7 Å². The largest absolute Gasteiger partial charge is 0.354 e. The van der Waals surface area contributed by atoms with Gasteiger partial charge in [-0.25, -0.2) is 0 Å². The van der Waals surface area contributed by atoms with Crippen LogP contribution < -0.4 is 10.6 Å². The van der Waals surface area contributed by atoms with E-state index in [9.17, 15) is 9.59 Å². The molecule has 1 aliphatic heterocycles. The average Bonchev–Trinajstić information content (AvgIpc) is 3.44. The fourth-order valence-corrected chi connectivity index (χ4v) is 4.40. The molecule has 176 valence electrons. The molecule has 4 rings (SSSR count). The Morgan fingerprint density at radius 3 is 2.65 bits per heavy atom. The van der Waals surface area contributed by atoms with Crippen molar-refractivity contribution in [2.45, 2.75) is 20.3 Å². The lowest BCUT2D eigenvalue weighted by Crippen LogP contribution is -2.34. The molecule has 6 nitrogen and oxygen atoms in total. The molecule has 0 spiro atoms. The van der Waals surface area contributed by atoms with Crippen LogP contribution in [0.4, 0.5) is 5.69 Å². The van der Waals surface area contributed by atoms with Crippen LogP contribution in [-0.4, -0.2) is 47.9 Å². The molecule has 0 saturated carbocycles. The van der Waals surface area contributed by atoms with E-state index >= 15 is 0 Å². The van der Waals surface area contributed by atoms with Crippen LogP contribution >= 0.6 is 11.6 Å². The van der Waals surface area contributed by atoms with Crippen LogP contribution in [0.3, 0.4) is 0 Å². The molecule has 1 aliphatic rings. The number of aromatic nitrogens is 1. The van der Waals surface area contributed by atoms with Crippen LogP contribution in [0.5, 0.6) is 0 Å². The zero-order chi connectivity index (χ0) is 24.1. The van der Waals surface area contributed by atoms with Crippen molar-refractivity contribution in [2.75, 3.05) is 31.5 Å². The summed E-state index contributed by atoms with van der Waals surface area (Å²) in [5, 5.41) is 6.56. The summed E-state index contributed by atoms with van der Waals surface area (Å²) >= 11 is 6.21. The number of H-pyrrole nitrogens is 1. The number of carbonyl (C=O) groups is 2. The van der Waals surface area contributed by atoms with Gasteiger partial charge in [-0.2, -0.15) is 0 Å². The normalized spacial score (nSPS) is 13.9. The van der Waals surface area contributed by atoms with Gasteiger partial charge in [0.15, 0.2) is 0 Å². The number of aromatic amines is 1. The van der Waals surface area contributed by atoms with Gasteiger partial charge in [0.25, 0.3) is 11.8 Å². The number of rotatable bonds is 9. The Balaban J connectivity index is 1.49. The number of benzene rings is 2. The lowest BCUT2D eigenvalue weighted by molar-refractivity contribution is -0.110. The van der Waals surface area contributed by atoms with E-state index in [2.05, 4.69) is 34.4 Å². The third-order valence-electron chi connectivity index (χ3n) is 6.09. The van der Waals surface area contributed by atoms with Gasteiger partial charge in [-0.3, -0.25) is 9.59 Å². The van der Waals surface area contributed by atoms with Gasteiger partial charge in [0.05, 0.1) is 0 Å². The second kappa shape index (κ2) is 10.7. The maximum atomic E-state index is 12.8. The Labute approximate surface area is 205 Å². The van der Waals surface area contributed by atoms with Gasteiger partial charge in [-0.05, 0) is 54.5 Å². The number of halogens is 1. The molecule has 0 unspecified atom stereocenters. The van der Waals surface area contributed by atoms with Crippen molar-refractivity contribution in [1.29, 1.82) is 0 Å². The van der Waals surface area contributed by atoms with Crippen LogP contribution in [0.25, 0.3) is 16.7 Å². The van der Waals surface area contributed by atoms with Crippen molar-refractivity contribution in [3.05, 3.63) is 82.6 Å². The van der Waals surface area contributed by atoms with Gasteiger partial charge < -0.3 is 20.5 Å². The highest BCUT2D eigenvalue weighted by Crippen LogP contribution is 2.40. The van der Waals surface area contributed by atoms with Crippen LogP contribution in [0.1, 0.15) is 35.6 Å². The Morgan fingerprint density at radius 2 is 1.88 bits per heavy atom. The fourth-order valence-electron chi connectivity index (χ4n) is 4.21. The summed E-state index contributed by atoms with van der Waals surface area (Å²) in [6.07, 6.45) is 2.40. The summed E-state index contributed by atoms with van der Waals surface area (Å²) in [7, 11) is 0. The number of allylic oxidation sites excluding steroid dienone is 1. The van der Waals surface area contributed by atoms with E-state index in [1.165, 1.54) is 0 Å². The lowest BCUT2D eigenvalue weighted by atomic mass is 9.94. The summed E-state index contributed by atoms with van der Waals surface area (Å²) in [6.45, 7) is 7.56. The van der Waals surface area contributed by atoms with Crippen molar-refractivity contribution in [3.63, 3.8) is 0 Å². The topological polar surface area (TPSA) is 77.2 Å². The number of likely N-dealkylation sites (N-methyl/N-ethyl adjacent to an activating group) is 1. The third kappa shape index (κ3) is 5.24. The van der Waals surface area contributed by atoms with E-state index in [0.717, 1.165) is 47.7 Å². The molecular weight excluding hydrogens is 448 g/mol. The number of nitrogens with zero attached hydrogens (tertiary/aromatic N) is 1. The number of nitrogens with one attached hydrogen (secondary N) is 3. The molecule has 0 bridgehead atoms. The van der Waals surface area contributed by atoms with E-state index in [-0.39, 0.29) is 11.8 Å². The number of hydrogen-bond acceptors (Lipinski definition) is 3. The molecule has 2 aromatic carbocycles. The van der Waals surface area contributed by atoms with Crippen molar-refractivity contribution < 1.29 is 9.59 Å². The molecule has 34 heavy (non-hydrogen) atoms. The second-order valence-corrected chi connectivity index (χ2v) is 8.63. The van der Waals surface area contributed by atoms with Crippen LogP contribution in [-0.2, 0) is 11.2 Å². The zero-order valence-electron chi connectivity index (χ0n) is 19.5. The first kappa shape index (κ1) is 23.8. The van der Waals surface area contributed by atoms with Gasteiger partial charge in [-0.15, -0.1) is 0 Å². The van der Waals surface area contributed by atoms with E-state index in [0.29, 0.717) is 29.3 Å². The average molecular weight is 477 g/mol. The van der Waals surface area contributed by atoms with E-state index < -0.39 is 0 Å². The molecule has 7 heteroatoms. The highest BCUT2D eigenvalue weighted by atomic mass is 35.5. The SMILES string of the molecule is CCN(CC)CCNC(=O)c1ccc(CC=C2C(=O)Nc3cccc(-c4cccc(Cl)c4)c32)[nH]1. The number of fused-ring (bicyclic) bond motifs is 1. The summed E-state index contributed by atoms with van der Waals surface area (Å²) in [5.74, 6) is -0.260. The summed E-state index contributed by atoms with van der Waals surface area (Å²) < 4.78 is 0. The van der Waals surface area contributed by atoms with Crippen molar-refractivity contribution in [3.8, 4) is 11.1 Å². The minimum atomic E-state index is -0.134. The number of hydrogen-bond donors (Lipinski definition) is 3. The van der Waals surface area contributed by atoms with Gasteiger partial charge in [0.1, 0.15) is 5.69 Å².